The SMILES string of the molecule is O=c1[nH]c2cc(Cc3cc(Cl)cc(Cl)c3)c(Nc3ccccc3)cc2[nH]1. The van der Waals surface area contributed by atoms with Crippen LogP contribution in [0.2, 0.25) is 10.0 Å². The summed E-state index contributed by atoms with van der Waals surface area (Å²) in [6, 6.07) is 19.3. The first-order chi connectivity index (χ1) is 12.6. The molecule has 0 aliphatic rings. The van der Waals surface area contributed by atoms with Crippen molar-refractivity contribution in [1.82, 2.24) is 9.97 Å². The molecule has 3 aromatic carbocycles. The Morgan fingerprint density at radius 1 is 0.846 bits per heavy atom. The molecule has 1 heterocycles. The monoisotopic (exact) mass is 383 g/mol. The molecule has 0 radical (unpaired) electrons. The van der Waals surface area contributed by atoms with E-state index in [0.717, 1.165) is 33.5 Å². The van der Waals surface area contributed by atoms with Gasteiger partial charge in [-0.15, -0.1) is 0 Å². The van der Waals surface area contributed by atoms with Crippen LogP contribution in [0.15, 0.2) is 65.5 Å². The second-order valence-corrected chi connectivity index (χ2v) is 6.95. The summed E-state index contributed by atoms with van der Waals surface area (Å²) < 4.78 is 0. The van der Waals surface area contributed by atoms with Crippen LogP contribution < -0.4 is 11.0 Å². The summed E-state index contributed by atoms with van der Waals surface area (Å²) in [7, 11) is 0. The number of rotatable bonds is 4. The van der Waals surface area contributed by atoms with E-state index in [-0.39, 0.29) is 5.69 Å². The minimum absolute atomic E-state index is 0.228. The van der Waals surface area contributed by atoms with E-state index in [1.807, 2.05) is 54.6 Å². The van der Waals surface area contributed by atoms with Crippen molar-refractivity contribution in [2.24, 2.45) is 0 Å². The molecule has 4 aromatic rings. The van der Waals surface area contributed by atoms with E-state index < -0.39 is 0 Å². The number of benzene rings is 3. The van der Waals surface area contributed by atoms with Crippen LogP contribution in [0, 0.1) is 0 Å². The van der Waals surface area contributed by atoms with Gasteiger partial charge in [0, 0.05) is 21.4 Å². The molecule has 0 bridgehead atoms. The maximum Gasteiger partial charge on any atom is 0.323 e. The molecule has 0 spiro atoms. The van der Waals surface area contributed by atoms with Crippen molar-refractivity contribution in [1.29, 1.82) is 0 Å². The number of hydrogen-bond acceptors (Lipinski definition) is 2. The third-order valence-corrected chi connectivity index (χ3v) is 4.55. The molecule has 0 saturated heterocycles. The number of fused-ring (bicyclic) bond motifs is 1. The lowest BCUT2D eigenvalue weighted by Crippen LogP contribution is -1.99. The van der Waals surface area contributed by atoms with Crippen molar-refractivity contribution in [3.8, 4) is 0 Å². The van der Waals surface area contributed by atoms with Gasteiger partial charge in [0.2, 0.25) is 0 Å². The highest BCUT2D eigenvalue weighted by atomic mass is 35.5. The van der Waals surface area contributed by atoms with E-state index in [1.165, 1.54) is 0 Å². The molecule has 0 fully saturated rings. The Kier molecular flexibility index (Phi) is 4.45. The van der Waals surface area contributed by atoms with Crippen molar-refractivity contribution in [3.05, 3.63) is 92.3 Å². The van der Waals surface area contributed by atoms with Gasteiger partial charge in [-0.2, -0.15) is 0 Å². The van der Waals surface area contributed by atoms with Gasteiger partial charge in [-0.3, -0.25) is 0 Å². The fraction of sp³-hybridized carbons (Fsp3) is 0.0500. The van der Waals surface area contributed by atoms with Gasteiger partial charge in [-0.05, 0) is 60.0 Å². The van der Waals surface area contributed by atoms with Crippen LogP contribution in [-0.4, -0.2) is 9.97 Å². The number of H-pyrrole nitrogens is 2. The highest BCUT2D eigenvalue weighted by molar-refractivity contribution is 6.34. The van der Waals surface area contributed by atoms with Crippen molar-refractivity contribution in [3.63, 3.8) is 0 Å². The van der Waals surface area contributed by atoms with Crippen LogP contribution in [-0.2, 0) is 6.42 Å². The van der Waals surface area contributed by atoms with Gasteiger partial charge in [0.25, 0.3) is 0 Å². The number of aromatic amines is 2. The van der Waals surface area contributed by atoms with E-state index in [2.05, 4.69) is 15.3 Å². The summed E-state index contributed by atoms with van der Waals surface area (Å²) in [5.41, 5.74) is 5.18. The van der Waals surface area contributed by atoms with Gasteiger partial charge in [-0.25, -0.2) is 4.79 Å². The molecule has 0 aliphatic heterocycles. The van der Waals surface area contributed by atoms with Crippen molar-refractivity contribution in [2.45, 2.75) is 6.42 Å². The van der Waals surface area contributed by atoms with Gasteiger partial charge in [0.15, 0.2) is 0 Å². The van der Waals surface area contributed by atoms with Gasteiger partial charge >= 0.3 is 5.69 Å². The van der Waals surface area contributed by atoms with Gasteiger partial charge in [0.05, 0.1) is 11.0 Å². The highest BCUT2D eigenvalue weighted by Crippen LogP contribution is 2.29. The third kappa shape index (κ3) is 3.62. The van der Waals surface area contributed by atoms with Crippen molar-refractivity contribution < 1.29 is 0 Å². The van der Waals surface area contributed by atoms with Crippen LogP contribution in [0.3, 0.4) is 0 Å². The Morgan fingerprint density at radius 2 is 1.50 bits per heavy atom. The summed E-state index contributed by atoms with van der Waals surface area (Å²) in [5, 5.41) is 4.62. The molecule has 0 unspecified atom stereocenters. The highest BCUT2D eigenvalue weighted by Gasteiger charge is 2.10. The van der Waals surface area contributed by atoms with E-state index in [0.29, 0.717) is 16.5 Å². The van der Waals surface area contributed by atoms with Crippen LogP contribution in [0.4, 0.5) is 11.4 Å². The summed E-state index contributed by atoms with van der Waals surface area (Å²) >= 11 is 12.3. The zero-order valence-electron chi connectivity index (χ0n) is 13.6. The Bertz CT molecular complexity index is 1110. The molecule has 6 heteroatoms. The minimum Gasteiger partial charge on any atom is -0.355 e. The fourth-order valence-corrected chi connectivity index (χ4v) is 3.57. The molecule has 0 aliphatic carbocycles. The van der Waals surface area contributed by atoms with Gasteiger partial charge in [-0.1, -0.05) is 41.4 Å². The maximum atomic E-state index is 11.7. The van der Waals surface area contributed by atoms with E-state index >= 15 is 0 Å². The van der Waals surface area contributed by atoms with Crippen LogP contribution in [0.5, 0.6) is 0 Å². The molecule has 4 rings (SSSR count). The standard InChI is InChI=1S/C20H15Cl2N3O/c21-14-7-12(8-15(22)10-14)6-13-9-18-19(25-20(26)24-18)11-17(13)23-16-4-2-1-3-5-16/h1-5,7-11,23H,6H2,(H2,24,25,26). The summed E-state index contributed by atoms with van der Waals surface area (Å²) in [4.78, 5) is 17.3. The Labute approximate surface area is 159 Å². The number of aromatic nitrogens is 2. The van der Waals surface area contributed by atoms with E-state index in [9.17, 15) is 4.79 Å². The zero-order chi connectivity index (χ0) is 18.1. The molecule has 0 atom stereocenters. The van der Waals surface area contributed by atoms with Crippen LogP contribution in [0.25, 0.3) is 11.0 Å². The molecular formula is C20H15Cl2N3O. The quantitative estimate of drug-likeness (QED) is 0.435. The summed E-state index contributed by atoms with van der Waals surface area (Å²) in [6.45, 7) is 0. The Balaban J connectivity index is 1.79. The van der Waals surface area contributed by atoms with E-state index in [1.54, 1.807) is 6.07 Å². The summed E-state index contributed by atoms with van der Waals surface area (Å²) in [6.07, 6.45) is 0.624. The maximum absolute atomic E-state index is 11.7. The number of imidazole rings is 1. The topological polar surface area (TPSA) is 60.7 Å². The predicted molar refractivity (Wildman–Crippen MR) is 108 cm³/mol. The number of nitrogens with one attached hydrogen (secondary N) is 3. The number of para-hydroxylation sites is 1. The summed E-state index contributed by atoms with van der Waals surface area (Å²) in [5.74, 6) is 0. The Hall–Kier alpha value is -2.69. The van der Waals surface area contributed by atoms with E-state index in [4.69, 9.17) is 23.2 Å². The van der Waals surface area contributed by atoms with Gasteiger partial charge < -0.3 is 15.3 Å². The first kappa shape index (κ1) is 16.8. The third-order valence-electron chi connectivity index (χ3n) is 4.11. The molecule has 1 aromatic heterocycles. The number of halogens is 2. The largest absolute Gasteiger partial charge is 0.355 e. The van der Waals surface area contributed by atoms with Gasteiger partial charge in [0.1, 0.15) is 0 Å². The lowest BCUT2D eigenvalue weighted by molar-refractivity contribution is 1.19. The average Bonchev–Trinajstić information content (AvgIpc) is 2.94. The number of anilines is 2. The molecule has 3 N–H and O–H groups in total. The Morgan fingerprint density at radius 3 is 2.19 bits per heavy atom. The second-order valence-electron chi connectivity index (χ2n) is 6.08. The fourth-order valence-electron chi connectivity index (χ4n) is 3.00. The van der Waals surface area contributed by atoms with Crippen LogP contribution in [0.1, 0.15) is 11.1 Å². The molecule has 130 valence electrons. The predicted octanol–water partition coefficient (Wildman–Crippen LogP) is 5.50. The minimum atomic E-state index is -0.228. The zero-order valence-corrected chi connectivity index (χ0v) is 15.2. The average molecular weight is 384 g/mol. The molecular weight excluding hydrogens is 369 g/mol. The second kappa shape index (κ2) is 6.90. The first-order valence-electron chi connectivity index (χ1n) is 8.09. The number of hydrogen-bond donors (Lipinski definition) is 3. The molecule has 0 amide bonds. The lowest BCUT2D eigenvalue weighted by Gasteiger charge is -2.13. The normalized spacial score (nSPS) is 11.0. The lowest BCUT2D eigenvalue weighted by atomic mass is 10.0. The van der Waals surface area contributed by atoms with Crippen molar-refractivity contribution >= 4 is 45.6 Å². The molecule has 0 saturated carbocycles. The van der Waals surface area contributed by atoms with Crippen LogP contribution >= 0.6 is 23.2 Å². The smallest absolute Gasteiger partial charge is 0.323 e. The van der Waals surface area contributed by atoms with Crippen molar-refractivity contribution in [2.75, 3.05) is 5.32 Å². The first-order valence-corrected chi connectivity index (χ1v) is 8.84. The molecule has 26 heavy (non-hydrogen) atoms. The molecule has 4 nitrogen and oxygen atoms in total.